The molecule has 0 bridgehead atoms. The number of ether oxygens (including phenoxy) is 1. The second kappa shape index (κ2) is 9.28. The molecule has 1 N–H and O–H groups in total. The topological polar surface area (TPSA) is 92.8 Å². The highest BCUT2D eigenvalue weighted by atomic mass is 32.2. The van der Waals surface area contributed by atoms with Gasteiger partial charge in [-0.3, -0.25) is 4.79 Å². The number of carbonyl (C=O) groups is 2. The van der Waals surface area contributed by atoms with E-state index in [1.165, 1.54) is 35.6 Å². The van der Waals surface area contributed by atoms with Crippen molar-refractivity contribution in [2.75, 3.05) is 19.0 Å². The van der Waals surface area contributed by atoms with Crippen LogP contribution in [0.15, 0.2) is 71.6 Å². The van der Waals surface area contributed by atoms with Crippen LogP contribution in [-0.2, 0) is 19.6 Å². The number of esters is 1. The first-order chi connectivity index (χ1) is 14.7. The van der Waals surface area contributed by atoms with Crippen molar-refractivity contribution in [3.8, 4) is 0 Å². The van der Waals surface area contributed by atoms with Crippen molar-refractivity contribution in [1.82, 2.24) is 4.31 Å². The van der Waals surface area contributed by atoms with E-state index in [4.69, 9.17) is 4.74 Å². The maximum atomic E-state index is 12.6. The molecule has 0 unspecified atom stereocenters. The standard InChI is InChI=1S/C23H24N2O5S/c1-16(2)25(3)31(28,29)21-10-6-9-19(14-21)23(27)30-15-22(26)24-20-12-11-17-7-4-5-8-18(17)13-20/h4-14,16H,15H2,1-3H3,(H,24,26). The zero-order valence-corrected chi connectivity index (χ0v) is 18.3. The van der Waals surface area contributed by atoms with Gasteiger partial charge in [-0.2, -0.15) is 4.31 Å². The summed E-state index contributed by atoms with van der Waals surface area (Å²) in [5.41, 5.74) is 0.640. The van der Waals surface area contributed by atoms with Crippen LogP contribution in [0.2, 0.25) is 0 Å². The van der Waals surface area contributed by atoms with Gasteiger partial charge in [0.1, 0.15) is 0 Å². The van der Waals surface area contributed by atoms with Crippen LogP contribution in [0.5, 0.6) is 0 Å². The molecule has 162 valence electrons. The Hall–Kier alpha value is -3.23. The molecule has 0 radical (unpaired) electrons. The normalized spacial score (nSPS) is 11.6. The molecule has 0 spiro atoms. The number of anilines is 1. The minimum atomic E-state index is -3.74. The fraction of sp³-hybridized carbons (Fsp3) is 0.217. The smallest absolute Gasteiger partial charge is 0.338 e. The van der Waals surface area contributed by atoms with Crippen molar-refractivity contribution >= 4 is 38.4 Å². The molecule has 0 saturated carbocycles. The van der Waals surface area contributed by atoms with Crippen molar-refractivity contribution in [3.05, 3.63) is 72.3 Å². The molecule has 1 amide bonds. The molecule has 31 heavy (non-hydrogen) atoms. The summed E-state index contributed by atoms with van der Waals surface area (Å²) >= 11 is 0. The molecule has 0 aliphatic heterocycles. The van der Waals surface area contributed by atoms with E-state index >= 15 is 0 Å². The Morgan fingerprint density at radius 1 is 0.968 bits per heavy atom. The van der Waals surface area contributed by atoms with Gasteiger partial charge in [0.25, 0.3) is 5.91 Å². The van der Waals surface area contributed by atoms with E-state index in [9.17, 15) is 18.0 Å². The molecule has 7 nitrogen and oxygen atoms in total. The minimum Gasteiger partial charge on any atom is -0.452 e. The van der Waals surface area contributed by atoms with Crippen LogP contribution in [0.4, 0.5) is 5.69 Å². The zero-order valence-electron chi connectivity index (χ0n) is 17.5. The Bertz CT molecular complexity index is 1220. The molecular weight excluding hydrogens is 416 g/mol. The lowest BCUT2D eigenvalue weighted by molar-refractivity contribution is -0.119. The molecule has 3 aromatic carbocycles. The summed E-state index contributed by atoms with van der Waals surface area (Å²) in [5.74, 6) is -1.27. The second-order valence-corrected chi connectivity index (χ2v) is 9.33. The third-order valence-electron chi connectivity index (χ3n) is 4.84. The Morgan fingerprint density at radius 2 is 1.68 bits per heavy atom. The molecule has 0 atom stereocenters. The summed E-state index contributed by atoms with van der Waals surface area (Å²) in [4.78, 5) is 24.5. The average molecular weight is 441 g/mol. The second-order valence-electron chi connectivity index (χ2n) is 7.33. The highest BCUT2D eigenvalue weighted by Crippen LogP contribution is 2.20. The summed E-state index contributed by atoms with van der Waals surface area (Å²) in [6, 6.07) is 18.6. The quantitative estimate of drug-likeness (QED) is 0.566. The van der Waals surface area contributed by atoms with Crippen molar-refractivity contribution < 1.29 is 22.7 Å². The van der Waals surface area contributed by atoms with E-state index in [0.29, 0.717) is 5.69 Å². The predicted octanol–water partition coefficient (Wildman–Crippen LogP) is 3.66. The fourth-order valence-electron chi connectivity index (χ4n) is 2.91. The monoisotopic (exact) mass is 440 g/mol. The molecule has 0 saturated heterocycles. The number of hydrogen-bond donors (Lipinski definition) is 1. The number of benzene rings is 3. The summed E-state index contributed by atoms with van der Waals surface area (Å²) in [7, 11) is -2.26. The van der Waals surface area contributed by atoms with E-state index in [-0.39, 0.29) is 16.5 Å². The number of nitrogens with one attached hydrogen (secondary N) is 1. The number of amides is 1. The largest absolute Gasteiger partial charge is 0.452 e. The van der Waals surface area contributed by atoms with Gasteiger partial charge in [0.15, 0.2) is 6.61 Å². The third-order valence-corrected chi connectivity index (χ3v) is 6.87. The number of hydrogen-bond acceptors (Lipinski definition) is 5. The fourth-order valence-corrected chi connectivity index (χ4v) is 4.32. The van der Waals surface area contributed by atoms with E-state index in [2.05, 4.69) is 5.32 Å². The van der Waals surface area contributed by atoms with Gasteiger partial charge in [-0.05, 0) is 55.0 Å². The summed E-state index contributed by atoms with van der Waals surface area (Å²) in [6.45, 7) is 3.02. The maximum absolute atomic E-state index is 12.6. The SMILES string of the molecule is CC(C)N(C)S(=O)(=O)c1cccc(C(=O)OCC(=O)Nc2ccc3ccccc3c2)c1. The van der Waals surface area contributed by atoms with Crippen LogP contribution < -0.4 is 5.32 Å². The Labute approximate surface area is 181 Å². The van der Waals surface area contributed by atoms with Crippen molar-refractivity contribution in [2.45, 2.75) is 24.8 Å². The van der Waals surface area contributed by atoms with Crippen LogP contribution in [0, 0.1) is 0 Å². The highest BCUT2D eigenvalue weighted by molar-refractivity contribution is 7.89. The van der Waals surface area contributed by atoms with Crippen LogP contribution in [0.3, 0.4) is 0 Å². The first-order valence-corrected chi connectivity index (χ1v) is 11.2. The van der Waals surface area contributed by atoms with Crippen LogP contribution in [0.1, 0.15) is 24.2 Å². The van der Waals surface area contributed by atoms with E-state index in [1.54, 1.807) is 19.9 Å². The molecule has 0 fully saturated rings. The van der Waals surface area contributed by atoms with Crippen molar-refractivity contribution in [3.63, 3.8) is 0 Å². The van der Waals surface area contributed by atoms with E-state index < -0.39 is 28.5 Å². The molecule has 3 rings (SSSR count). The lowest BCUT2D eigenvalue weighted by Gasteiger charge is -2.21. The summed E-state index contributed by atoms with van der Waals surface area (Å²) < 4.78 is 31.5. The first kappa shape index (κ1) is 22.5. The minimum absolute atomic E-state index is 0.0150. The maximum Gasteiger partial charge on any atom is 0.338 e. The van der Waals surface area contributed by atoms with Crippen molar-refractivity contribution in [1.29, 1.82) is 0 Å². The molecule has 3 aromatic rings. The Kier molecular flexibility index (Phi) is 6.72. The molecule has 0 aliphatic rings. The van der Waals surface area contributed by atoms with Gasteiger partial charge in [0, 0.05) is 18.8 Å². The summed E-state index contributed by atoms with van der Waals surface area (Å²) in [6.07, 6.45) is 0. The molecule has 0 aromatic heterocycles. The number of nitrogens with zero attached hydrogens (tertiary/aromatic N) is 1. The first-order valence-electron chi connectivity index (χ1n) is 9.72. The lowest BCUT2D eigenvalue weighted by atomic mass is 10.1. The number of fused-ring (bicyclic) bond motifs is 1. The van der Waals surface area contributed by atoms with E-state index in [0.717, 1.165) is 10.8 Å². The number of rotatable bonds is 7. The summed E-state index contributed by atoms with van der Waals surface area (Å²) in [5, 5.41) is 4.71. The Morgan fingerprint density at radius 3 is 2.39 bits per heavy atom. The van der Waals surface area contributed by atoms with Crippen LogP contribution in [-0.4, -0.2) is 44.3 Å². The van der Waals surface area contributed by atoms with Crippen LogP contribution >= 0.6 is 0 Å². The van der Waals surface area contributed by atoms with Crippen LogP contribution in [0.25, 0.3) is 10.8 Å². The Balaban J connectivity index is 1.64. The molecule has 0 heterocycles. The number of carbonyl (C=O) groups excluding carboxylic acids is 2. The van der Waals surface area contributed by atoms with E-state index in [1.807, 2.05) is 36.4 Å². The van der Waals surface area contributed by atoms with Crippen molar-refractivity contribution in [2.24, 2.45) is 0 Å². The number of sulfonamides is 1. The average Bonchev–Trinajstić information content (AvgIpc) is 2.76. The molecular formula is C23H24N2O5S. The third kappa shape index (κ3) is 5.28. The van der Waals surface area contributed by atoms with Gasteiger partial charge < -0.3 is 10.1 Å². The van der Waals surface area contributed by atoms with Gasteiger partial charge in [-0.1, -0.05) is 36.4 Å². The molecule has 8 heteroatoms. The molecule has 0 aliphatic carbocycles. The highest BCUT2D eigenvalue weighted by Gasteiger charge is 2.24. The van der Waals surface area contributed by atoms with Gasteiger partial charge >= 0.3 is 5.97 Å². The van der Waals surface area contributed by atoms with Gasteiger partial charge in [-0.25, -0.2) is 13.2 Å². The lowest BCUT2D eigenvalue weighted by Crippen LogP contribution is -2.33. The van der Waals surface area contributed by atoms with Gasteiger partial charge in [-0.15, -0.1) is 0 Å². The predicted molar refractivity (Wildman–Crippen MR) is 119 cm³/mol. The zero-order chi connectivity index (χ0) is 22.6. The van der Waals surface area contributed by atoms with Gasteiger partial charge in [0.2, 0.25) is 10.0 Å². The van der Waals surface area contributed by atoms with Gasteiger partial charge in [0.05, 0.1) is 10.5 Å².